The summed E-state index contributed by atoms with van der Waals surface area (Å²) in [7, 11) is 1.56. The summed E-state index contributed by atoms with van der Waals surface area (Å²) in [6.07, 6.45) is 4.36. The average molecular weight is 507 g/mol. The van der Waals surface area contributed by atoms with Crippen molar-refractivity contribution in [1.29, 1.82) is 0 Å². The molecule has 2 aromatic carbocycles. The molecule has 0 radical (unpaired) electrons. The monoisotopic (exact) mass is 506 g/mol. The third kappa shape index (κ3) is 5.99. The van der Waals surface area contributed by atoms with E-state index in [1.807, 2.05) is 24.3 Å². The first kappa shape index (κ1) is 23.9. The van der Waals surface area contributed by atoms with Crippen molar-refractivity contribution in [3.05, 3.63) is 52.8 Å². The Labute approximate surface area is 205 Å². The van der Waals surface area contributed by atoms with E-state index in [4.69, 9.17) is 26.4 Å². The fourth-order valence-corrected chi connectivity index (χ4v) is 6.28. The van der Waals surface area contributed by atoms with Crippen molar-refractivity contribution in [1.82, 2.24) is 4.98 Å². The smallest absolute Gasteiger partial charge is 0.364 e. The summed E-state index contributed by atoms with van der Waals surface area (Å²) in [4.78, 5) is 18.8. The maximum absolute atomic E-state index is 13.4. The maximum Gasteiger partial charge on any atom is 0.364 e. The number of piperidine rings is 1. The molecule has 0 saturated carbocycles. The lowest BCUT2D eigenvalue weighted by Gasteiger charge is -2.31. The van der Waals surface area contributed by atoms with Crippen molar-refractivity contribution in [2.24, 2.45) is 5.92 Å². The lowest BCUT2D eigenvalue weighted by Crippen LogP contribution is -2.33. The van der Waals surface area contributed by atoms with Crippen molar-refractivity contribution in [2.45, 2.75) is 24.2 Å². The number of rotatable bonds is 8. The zero-order valence-corrected chi connectivity index (χ0v) is 20.5. The Bertz CT molecular complexity index is 1180. The third-order valence-electron chi connectivity index (χ3n) is 5.69. The Morgan fingerprint density at radius 3 is 2.85 bits per heavy atom. The summed E-state index contributed by atoms with van der Waals surface area (Å²) in [5, 5.41) is 10.5. The Balaban J connectivity index is 1.28. The maximum atomic E-state index is 13.4. The predicted molar refractivity (Wildman–Crippen MR) is 135 cm³/mol. The number of nitrogens with zero attached hydrogens (tertiary/aromatic N) is 2. The van der Waals surface area contributed by atoms with Gasteiger partial charge in [-0.05, 0) is 72.9 Å². The van der Waals surface area contributed by atoms with Crippen LogP contribution in [-0.2, 0) is 4.79 Å². The first-order valence-corrected chi connectivity index (χ1v) is 12.8. The highest BCUT2D eigenvalue weighted by Crippen LogP contribution is 2.35. The summed E-state index contributed by atoms with van der Waals surface area (Å²) < 4.78 is 19.9. The predicted octanol–water partition coefficient (Wildman–Crippen LogP) is 6.75. The molecule has 33 heavy (non-hydrogen) atoms. The molecule has 4 rings (SSSR count). The number of hydrogen-bond acceptors (Lipinski definition) is 6. The lowest BCUT2D eigenvalue weighted by atomic mass is 9.95. The molecule has 1 aliphatic heterocycles. The van der Waals surface area contributed by atoms with Crippen LogP contribution < -0.4 is 9.64 Å². The van der Waals surface area contributed by atoms with Gasteiger partial charge in [-0.25, -0.2) is 9.78 Å². The van der Waals surface area contributed by atoms with Gasteiger partial charge in [-0.15, -0.1) is 11.8 Å². The Morgan fingerprint density at radius 1 is 1.33 bits per heavy atom. The molecule has 0 unspecified atom stereocenters. The van der Waals surface area contributed by atoms with Crippen LogP contribution in [0, 0.1) is 5.92 Å². The van der Waals surface area contributed by atoms with Crippen LogP contribution in [0.4, 0.5) is 9.52 Å². The highest BCUT2D eigenvalue weighted by atomic mass is 35.5. The average Bonchev–Trinajstić information content (AvgIpc) is 3.23. The number of carboxylic acid groups (broad SMARTS) is 1. The van der Waals surface area contributed by atoms with Crippen molar-refractivity contribution in [3.63, 3.8) is 0 Å². The molecule has 3 aromatic rings. The summed E-state index contributed by atoms with van der Waals surface area (Å²) >= 11 is 9.51. The highest BCUT2D eigenvalue weighted by Gasteiger charge is 2.22. The van der Waals surface area contributed by atoms with Crippen LogP contribution in [0.3, 0.4) is 0 Å². The number of thioether (sulfide) groups is 1. The first-order chi connectivity index (χ1) is 15.9. The number of ether oxygens (including phenoxy) is 1. The molecule has 0 amide bonds. The van der Waals surface area contributed by atoms with E-state index in [-0.39, 0.29) is 0 Å². The SMILES string of the molecule is COc1cc(C=C(F)C(=O)O)ccc1SCCC1CCN(c2nc3ccc(Cl)cc3s2)CC1. The second-order valence-corrected chi connectivity index (χ2v) is 10.5. The minimum absolute atomic E-state index is 0.459. The number of anilines is 1. The molecule has 5 nitrogen and oxygen atoms in total. The summed E-state index contributed by atoms with van der Waals surface area (Å²) in [6, 6.07) is 11.0. The topological polar surface area (TPSA) is 62.7 Å². The van der Waals surface area contributed by atoms with E-state index in [1.54, 1.807) is 42.3 Å². The number of thiazole rings is 1. The fraction of sp³-hybridized carbons (Fsp3) is 0.333. The molecule has 0 aliphatic carbocycles. The van der Waals surface area contributed by atoms with Gasteiger partial charge >= 0.3 is 5.97 Å². The van der Waals surface area contributed by atoms with Crippen LogP contribution >= 0.6 is 34.7 Å². The van der Waals surface area contributed by atoms with Crippen molar-refractivity contribution in [3.8, 4) is 5.75 Å². The molecular formula is C24H24ClFN2O3S2. The molecule has 1 aliphatic rings. The van der Waals surface area contributed by atoms with E-state index >= 15 is 0 Å². The number of fused-ring (bicyclic) bond motifs is 1. The minimum Gasteiger partial charge on any atom is -0.496 e. The van der Waals surface area contributed by atoms with Gasteiger partial charge < -0.3 is 14.7 Å². The number of methoxy groups -OCH3 is 1. The van der Waals surface area contributed by atoms with Crippen LogP contribution in [0.25, 0.3) is 16.3 Å². The number of carbonyl (C=O) groups is 1. The molecule has 0 atom stereocenters. The van der Waals surface area contributed by atoms with Crippen LogP contribution in [0.15, 0.2) is 47.1 Å². The van der Waals surface area contributed by atoms with E-state index in [9.17, 15) is 9.18 Å². The van der Waals surface area contributed by atoms with Gasteiger partial charge in [0, 0.05) is 23.0 Å². The summed E-state index contributed by atoms with van der Waals surface area (Å²) in [5.41, 5.74) is 1.46. The van der Waals surface area contributed by atoms with E-state index in [2.05, 4.69) is 4.90 Å². The fourth-order valence-electron chi connectivity index (χ4n) is 3.87. The number of aliphatic carboxylic acids is 1. The van der Waals surface area contributed by atoms with Crippen molar-refractivity contribution < 1.29 is 19.0 Å². The molecular weight excluding hydrogens is 483 g/mol. The van der Waals surface area contributed by atoms with Gasteiger partial charge in [0.1, 0.15) is 5.75 Å². The Hall–Kier alpha value is -2.29. The third-order valence-corrected chi connectivity index (χ3v) is 8.10. The minimum atomic E-state index is -1.58. The number of carboxylic acids is 1. The molecule has 0 bridgehead atoms. The highest BCUT2D eigenvalue weighted by molar-refractivity contribution is 7.99. The molecule has 0 spiro atoms. The standard InChI is InChI=1S/C24H24ClFN2O3S2/c1-31-20-13-16(12-18(26)23(29)30)2-5-21(20)32-11-8-15-6-9-28(10-7-15)24-27-19-4-3-17(25)14-22(19)33-24/h2-5,12-15H,6-11H2,1H3,(H,29,30). The van der Waals surface area contributed by atoms with Crippen LogP contribution in [-0.4, -0.2) is 42.0 Å². The second-order valence-electron chi connectivity index (χ2n) is 7.88. The summed E-state index contributed by atoms with van der Waals surface area (Å²) in [6.45, 7) is 2.00. The van der Waals surface area contributed by atoms with Crippen molar-refractivity contribution >= 4 is 62.1 Å². The van der Waals surface area contributed by atoms with E-state index in [0.717, 1.165) is 69.4 Å². The molecule has 2 heterocycles. The molecule has 1 N–H and O–H groups in total. The number of halogens is 2. The number of hydrogen-bond donors (Lipinski definition) is 1. The van der Waals surface area contributed by atoms with Gasteiger partial charge in [0.2, 0.25) is 5.83 Å². The molecule has 1 saturated heterocycles. The van der Waals surface area contributed by atoms with Gasteiger partial charge in [-0.3, -0.25) is 0 Å². The van der Waals surface area contributed by atoms with Gasteiger partial charge in [0.15, 0.2) is 5.13 Å². The van der Waals surface area contributed by atoms with Gasteiger partial charge in [-0.1, -0.05) is 29.0 Å². The zero-order valence-electron chi connectivity index (χ0n) is 18.1. The Kier molecular flexibility index (Phi) is 7.78. The van der Waals surface area contributed by atoms with Crippen LogP contribution in [0.1, 0.15) is 24.8 Å². The first-order valence-electron chi connectivity index (χ1n) is 10.7. The molecule has 174 valence electrons. The van der Waals surface area contributed by atoms with E-state index in [1.165, 1.54) is 0 Å². The largest absolute Gasteiger partial charge is 0.496 e. The van der Waals surface area contributed by atoms with Crippen LogP contribution in [0.5, 0.6) is 5.75 Å². The van der Waals surface area contributed by atoms with E-state index < -0.39 is 11.8 Å². The lowest BCUT2D eigenvalue weighted by molar-refractivity contribution is -0.134. The van der Waals surface area contributed by atoms with Crippen molar-refractivity contribution in [2.75, 3.05) is 30.9 Å². The number of aromatic nitrogens is 1. The van der Waals surface area contributed by atoms with Gasteiger partial charge in [-0.2, -0.15) is 4.39 Å². The second kappa shape index (κ2) is 10.8. The normalized spacial score (nSPS) is 15.2. The quantitative estimate of drug-likeness (QED) is 0.269. The number of benzene rings is 2. The Morgan fingerprint density at radius 2 is 2.12 bits per heavy atom. The summed E-state index contributed by atoms with van der Waals surface area (Å²) in [5.74, 6) is -0.531. The molecule has 9 heteroatoms. The van der Waals surface area contributed by atoms with Gasteiger partial charge in [0.05, 0.1) is 17.3 Å². The van der Waals surface area contributed by atoms with E-state index in [0.29, 0.717) is 17.2 Å². The molecule has 1 fully saturated rings. The zero-order chi connectivity index (χ0) is 23.4. The van der Waals surface area contributed by atoms with Gasteiger partial charge in [0.25, 0.3) is 0 Å². The van der Waals surface area contributed by atoms with Crippen LogP contribution in [0.2, 0.25) is 5.02 Å². The molecule has 1 aromatic heterocycles.